The lowest BCUT2D eigenvalue weighted by molar-refractivity contribution is 0.0308. The molecule has 4 heteroatoms. The Morgan fingerprint density at radius 2 is 1.95 bits per heavy atom. The van der Waals surface area contributed by atoms with E-state index in [9.17, 15) is 5.11 Å². The van der Waals surface area contributed by atoms with Gasteiger partial charge in [-0.05, 0) is 44.3 Å². The second-order valence-electron chi connectivity index (χ2n) is 8.05. The van der Waals surface area contributed by atoms with Gasteiger partial charge in [0.2, 0.25) is 0 Å². The molecule has 19 heavy (non-hydrogen) atoms. The Labute approximate surface area is 119 Å². The molecule has 0 amide bonds. The van der Waals surface area contributed by atoms with Crippen LogP contribution in [0.2, 0.25) is 18.1 Å². The summed E-state index contributed by atoms with van der Waals surface area (Å²) in [7, 11) is -1.72. The van der Waals surface area contributed by atoms with Crippen molar-refractivity contribution >= 4 is 8.32 Å². The van der Waals surface area contributed by atoms with Crippen molar-refractivity contribution in [2.24, 2.45) is 11.8 Å². The van der Waals surface area contributed by atoms with Crippen molar-refractivity contribution < 1.29 is 14.3 Å². The minimum Gasteiger partial charge on any atom is -0.416 e. The van der Waals surface area contributed by atoms with Crippen molar-refractivity contribution in [1.82, 2.24) is 0 Å². The van der Waals surface area contributed by atoms with Crippen LogP contribution in [0, 0.1) is 11.8 Å². The van der Waals surface area contributed by atoms with Gasteiger partial charge in [-0.2, -0.15) is 0 Å². The molecule has 1 fully saturated rings. The van der Waals surface area contributed by atoms with E-state index in [2.05, 4.69) is 47.7 Å². The van der Waals surface area contributed by atoms with Gasteiger partial charge in [-0.1, -0.05) is 20.8 Å². The summed E-state index contributed by atoms with van der Waals surface area (Å²) in [5.41, 5.74) is -0.0466. The first-order valence-electron chi connectivity index (χ1n) is 7.37. The first-order valence-corrected chi connectivity index (χ1v) is 10.3. The van der Waals surface area contributed by atoms with E-state index < -0.39 is 8.32 Å². The van der Waals surface area contributed by atoms with Crippen LogP contribution in [0.15, 0.2) is 0 Å². The standard InChI is InChI=1S/C15H32O3Si/c1-14(2,3)19(6,7)18-11-13(9-16)12-8-15(4,5)17-10-12/h12-13,16H,8-11H2,1-7H3. The highest BCUT2D eigenvalue weighted by atomic mass is 28.4. The fourth-order valence-corrected chi connectivity index (χ4v) is 3.32. The highest BCUT2D eigenvalue weighted by Gasteiger charge is 2.40. The van der Waals surface area contributed by atoms with Gasteiger partial charge < -0.3 is 14.3 Å². The third-order valence-corrected chi connectivity index (χ3v) is 9.31. The van der Waals surface area contributed by atoms with Gasteiger partial charge in [-0.15, -0.1) is 0 Å². The molecule has 1 rings (SSSR count). The molecule has 1 aliphatic heterocycles. The number of ether oxygens (including phenoxy) is 1. The van der Waals surface area contributed by atoms with E-state index in [1.807, 2.05) is 0 Å². The lowest BCUT2D eigenvalue weighted by atomic mass is 9.88. The lowest BCUT2D eigenvalue weighted by Crippen LogP contribution is -2.43. The molecule has 1 N–H and O–H groups in total. The third kappa shape index (κ3) is 4.55. The summed E-state index contributed by atoms with van der Waals surface area (Å²) in [6.07, 6.45) is 1.01. The maximum Gasteiger partial charge on any atom is 0.191 e. The Kier molecular flexibility index (Phi) is 5.27. The minimum atomic E-state index is -1.72. The van der Waals surface area contributed by atoms with Gasteiger partial charge in [0.25, 0.3) is 0 Å². The molecule has 2 unspecified atom stereocenters. The number of aliphatic hydroxyl groups is 1. The number of aliphatic hydroxyl groups excluding tert-OH is 1. The maximum absolute atomic E-state index is 9.64. The predicted octanol–water partition coefficient (Wildman–Crippen LogP) is 3.43. The van der Waals surface area contributed by atoms with Gasteiger partial charge in [0.05, 0.1) is 12.2 Å². The zero-order valence-electron chi connectivity index (χ0n) is 13.7. The van der Waals surface area contributed by atoms with Gasteiger partial charge in [-0.25, -0.2) is 0 Å². The monoisotopic (exact) mass is 288 g/mol. The van der Waals surface area contributed by atoms with Crippen LogP contribution in [0.1, 0.15) is 41.0 Å². The van der Waals surface area contributed by atoms with E-state index in [1.165, 1.54) is 0 Å². The van der Waals surface area contributed by atoms with Gasteiger partial charge >= 0.3 is 0 Å². The summed E-state index contributed by atoms with van der Waals surface area (Å²) in [4.78, 5) is 0. The first-order chi connectivity index (χ1) is 8.48. The SMILES string of the molecule is CC1(C)CC(C(CO)CO[Si](C)(C)C(C)(C)C)CO1. The fraction of sp³-hybridized carbons (Fsp3) is 1.00. The second-order valence-corrected chi connectivity index (χ2v) is 12.9. The number of rotatable bonds is 5. The molecule has 0 aromatic carbocycles. The first kappa shape index (κ1) is 17.1. The normalized spacial score (nSPS) is 25.6. The van der Waals surface area contributed by atoms with Crippen molar-refractivity contribution in [3.8, 4) is 0 Å². The Balaban J connectivity index is 2.55. The van der Waals surface area contributed by atoms with E-state index in [4.69, 9.17) is 9.16 Å². The molecular formula is C15H32O3Si. The van der Waals surface area contributed by atoms with Gasteiger partial charge in [0.15, 0.2) is 8.32 Å². The molecule has 0 aliphatic carbocycles. The molecule has 0 aromatic rings. The largest absolute Gasteiger partial charge is 0.416 e. The summed E-state index contributed by atoms with van der Waals surface area (Å²) in [5.74, 6) is 0.626. The summed E-state index contributed by atoms with van der Waals surface area (Å²) in [6, 6.07) is 0. The van der Waals surface area contributed by atoms with Crippen LogP contribution in [0.4, 0.5) is 0 Å². The summed E-state index contributed by atoms with van der Waals surface area (Å²) in [6.45, 7) is 17.1. The summed E-state index contributed by atoms with van der Waals surface area (Å²) in [5, 5.41) is 9.86. The summed E-state index contributed by atoms with van der Waals surface area (Å²) >= 11 is 0. The fourth-order valence-electron chi connectivity index (χ4n) is 2.25. The van der Waals surface area contributed by atoms with Crippen LogP contribution in [0.25, 0.3) is 0 Å². The van der Waals surface area contributed by atoms with Gasteiger partial charge in [0, 0.05) is 19.1 Å². The van der Waals surface area contributed by atoms with E-state index in [-0.39, 0.29) is 23.2 Å². The Hall–Kier alpha value is 0.0969. The van der Waals surface area contributed by atoms with Crippen LogP contribution in [-0.4, -0.2) is 38.8 Å². The summed E-state index contributed by atoms with van der Waals surface area (Å²) < 4.78 is 12.0. The van der Waals surface area contributed by atoms with Crippen LogP contribution in [-0.2, 0) is 9.16 Å². The molecule has 1 aliphatic rings. The number of hydrogen-bond acceptors (Lipinski definition) is 3. The molecule has 1 heterocycles. The van der Waals surface area contributed by atoms with E-state index in [0.717, 1.165) is 13.0 Å². The zero-order valence-corrected chi connectivity index (χ0v) is 14.7. The lowest BCUT2D eigenvalue weighted by Gasteiger charge is -2.37. The average molecular weight is 289 g/mol. The van der Waals surface area contributed by atoms with E-state index in [1.54, 1.807) is 0 Å². The highest BCUT2D eigenvalue weighted by molar-refractivity contribution is 6.74. The molecule has 0 spiro atoms. The highest BCUT2D eigenvalue weighted by Crippen LogP contribution is 2.38. The third-order valence-electron chi connectivity index (χ3n) is 4.81. The van der Waals surface area contributed by atoms with Crippen LogP contribution in [0.3, 0.4) is 0 Å². The molecule has 0 aromatic heterocycles. The van der Waals surface area contributed by atoms with Crippen molar-refractivity contribution in [3.63, 3.8) is 0 Å². The molecule has 114 valence electrons. The van der Waals surface area contributed by atoms with Crippen molar-refractivity contribution in [2.45, 2.75) is 64.8 Å². The quantitative estimate of drug-likeness (QED) is 0.788. The topological polar surface area (TPSA) is 38.7 Å². The van der Waals surface area contributed by atoms with Gasteiger partial charge in [-0.3, -0.25) is 0 Å². The zero-order chi connectivity index (χ0) is 14.9. The molecule has 0 bridgehead atoms. The number of hydrogen-bond donors (Lipinski definition) is 1. The smallest absolute Gasteiger partial charge is 0.191 e. The van der Waals surface area contributed by atoms with E-state index >= 15 is 0 Å². The maximum atomic E-state index is 9.64. The van der Waals surface area contributed by atoms with Crippen molar-refractivity contribution in [2.75, 3.05) is 19.8 Å². The van der Waals surface area contributed by atoms with Crippen molar-refractivity contribution in [1.29, 1.82) is 0 Å². The second kappa shape index (κ2) is 5.84. The molecule has 0 radical (unpaired) electrons. The predicted molar refractivity (Wildman–Crippen MR) is 81.9 cm³/mol. The molecule has 0 saturated carbocycles. The molecule has 3 nitrogen and oxygen atoms in total. The van der Waals surface area contributed by atoms with Crippen LogP contribution in [0.5, 0.6) is 0 Å². The molecule has 1 saturated heterocycles. The van der Waals surface area contributed by atoms with Gasteiger partial charge in [0.1, 0.15) is 0 Å². The Bertz CT molecular complexity index is 294. The average Bonchev–Trinajstić information content (AvgIpc) is 2.58. The molecular weight excluding hydrogens is 256 g/mol. The minimum absolute atomic E-state index is 0.0466. The van der Waals surface area contributed by atoms with E-state index in [0.29, 0.717) is 12.5 Å². The Morgan fingerprint density at radius 1 is 1.37 bits per heavy atom. The van der Waals surface area contributed by atoms with Crippen LogP contribution < -0.4 is 0 Å². The van der Waals surface area contributed by atoms with Crippen molar-refractivity contribution in [3.05, 3.63) is 0 Å². The van der Waals surface area contributed by atoms with Crippen LogP contribution >= 0.6 is 0 Å². The Morgan fingerprint density at radius 3 is 2.32 bits per heavy atom. The molecule has 2 atom stereocenters.